The van der Waals surface area contributed by atoms with Gasteiger partial charge in [-0.15, -0.1) is 0 Å². The summed E-state index contributed by atoms with van der Waals surface area (Å²) in [6.07, 6.45) is 2.64. The molecular formula is C15H10N2O2. The number of fused-ring (bicyclic) bond motifs is 1. The molecule has 3 rings (SSSR count). The first-order valence-corrected chi connectivity index (χ1v) is 5.78. The number of rotatable bonds is 2. The topological polar surface area (TPSA) is 63.1 Å². The molecule has 0 saturated heterocycles. The Labute approximate surface area is 109 Å². The molecule has 0 fully saturated rings. The summed E-state index contributed by atoms with van der Waals surface area (Å²) < 4.78 is 0. The molecule has 0 aliphatic rings. The van der Waals surface area contributed by atoms with Crippen molar-refractivity contribution in [3.05, 3.63) is 60.4 Å². The minimum atomic E-state index is -1.02. The van der Waals surface area contributed by atoms with Crippen molar-refractivity contribution in [1.82, 2.24) is 9.97 Å². The van der Waals surface area contributed by atoms with Gasteiger partial charge < -0.3 is 5.11 Å². The standard InChI is InChI=1S/C15H10N2O2/c18-15(19)13-8-16-14(17-9-13)12-6-5-10-3-1-2-4-11(10)7-12/h1-9H,(H,18,19). The molecule has 0 aliphatic carbocycles. The Morgan fingerprint density at radius 2 is 1.63 bits per heavy atom. The molecule has 1 aromatic heterocycles. The van der Waals surface area contributed by atoms with Gasteiger partial charge in [0, 0.05) is 18.0 Å². The highest BCUT2D eigenvalue weighted by atomic mass is 16.4. The molecule has 4 nitrogen and oxygen atoms in total. The normalized spacial score (nSPS) is 10.5. The lowest BCUT2D eigenvalue weighted by molar-refractivity contribution is 0.0696. The molecule has 0 bridgehead atoms. The van der Waals surface area contributed by atoms with E-state index in [0.29, 0.717) is 5.82 Å². The lowest BCUT2D eigenvalue weighted by Crippen LogP contribution is -1.99. The molecule has 1 N–H and O–H groups in total. The van der Waals surface area contributed by atoms with Crippen LogP contribution in [-0.2, 0) is 0 Å². The molecule has 0 spiro atoms. The Morgan fingerprint density at radius 3 is 2.32 bits per heavy atom. The highest BCUT2D eigenvalue weighted by Crippen LogP contribution is 2.21. The van der Waals surface area contributed by atoms with Crippen LogP contribution >= 0.6 is 0 Å². The van der Waals surface area contributed by atoms with Crippen LogP contribution < -0.4 is 0 Å². The summed E-state index contributed by atoms with van der Waals surface area (Å²) in [5, 5.41) is 11.1. The highest BCUT2D eigenvalue weighted by Gasteiger charge is 2.06. The molecule has 3 aromatic rings. The van der Waals surface area contributed by atoms with E-state index in [-0.39, 0.29) is 5.56 Å². The Balaban J connectivity index is 2.06. The van der Waals surface area contributed by atoms with E-state index in [4.69, 9.17) is 5.11 Å². The third kappa shape index (κ3) is 2.15. The van der Waals surface area contributed by atoms with E-state index in [1.807, 2.05) is 42.5 Å². The Bertz CT molecular complexity index is 751. The fourth-order valence-electron chi connectivity index (χ4n) is 1.92. The van der Waals surface area contributed by atoms with Crippen molar-refractivity contribution in [2.75, 3.05) is 0 Å². The van der Waals surface area contributed by atoms with E-state index in [9.17, 15) is 4.79 Å². The number of nitrogens with zero attached hydrogens (tertiary/aromatic N) is 2. The van der Waals surface area contributed by atoms with Crippen LogP contribution in [0.15, 0.2) is 54.9 Å². The van der Waals surface area contributed by atoms with Crippen molar-refractivity contribution in [1.29, 1.82) is 0 Å². The number of benzene rings is 2. The lowest BCUT2D eigenvalue weighted by Gasteiger charge is -2.03. The maximum Gasteiger partial charge on any atom is 0.338 e. The summed E-state index contributed by atoms with van der Waals surface area (Å²) in [6.45, 7) is 0. The van der Waals surface area contributed by atoms with E-state index in [1.54, 1.807) is 0 Å². The van der Waals surface area contributed by atoms with Gasteiger partial charge in [0.1, 0.15) is 0 Å². The molecule has 0 amide bonds. The van der Waals surface area contributed by atoms with E-state index < -0.39 is 5.97 Å². The van der Waals surface area contributed by atoms with Gasteiger partial charge in [-0.25, -0.2) is 14.8 Å². The fourth-order valence-corrected chi connectivity index (χ4v) is 1.92. The summed E-state index contributed by atoms with van der Waals surface area (Å²) in [5.74, 6) is -0.499. The Morgan fingerprint density at radius 1 is 0.947 bits per heavy atom. The number of hydrogen-bond acceptors (Lipinski definition) is 3. The number of aromatic nitrogens is 2. The minimum Gasteiger partial charge on any atom is -0.478 e. The summed E-state index contributed by atoms with van der Waals surface area (Å²) in [4.78, 5) is 18.9. The second kappa shape index (κ2) is 4.49. The van der Waals surface area contributed by atoms with Crippen molar-refractivity contribution >= 4 is 16.7 Å². The third-order valence-electron chi connectivity index (χ3n) is 2.91. The molecule has 0 aliphatic heterocycles. The van der Waals surface area contributed by atoms with Crippen LogP contribution in [0.5, 0.6) is 0 Å². The molecule has 2 aromatic carbocycles. The van der Waals surface area contributed by atoms with Crippen LogP contribution in [0.1, 0.15) is 10.4 Å². The van der Waals surface area contributed by atoms with Gasteiger partial charge in [0.05, 0.1) is 5.56 Å². The van der Waals surface area contributed by atoms with Gasteiger partial charge in [0.25, 0.3) is 0 Å². The Kier molecular flexibility index (Phi) is 2.68. The maximum atomic E-state index is 10.7. The van der Waals surface area contributed by atoms with E-state index in [2.05, 4.69) is 9.97 Å². The van der Waals surface area contributed by atoms with E-state index in [0.717, 1.165) is 16.3 Å². The maximum absolute atomic E-state index is 10.7. The monoisotopic (exact) mass is 250 g/mol. The first kappa shape index (κ1) is 11.3. The zero-order chi connectivity index (χ0) is 13.2. The third-order valence-corrected chi connectivity index (χ3v) is 2.91. The van der Waals surface area contributed by atoms with Crippen LogP contribution in [0.4, 0.5) is 0 Å². The summed E-state index contributed by atoms with van der Waals surface area (Å²) in [5.41, 5.74) is 0.958. The molecular weight excluding hydrogens is 240 g/mol. The van der Waals surface area contributed by atoms with E-state index in [1.165, 1.54) is 12.4 Å². The number of carboxylic acids is 1. The van der Waals surface area contributed by atoms with Gasteiger partial charge >= 0.3 is 5.97 Å². The van der Waals surface area contributed by atoms with Crippen LogP contribution in [0.2, 0.25) is 0 Å². The van der Waals surface area contributed by atoms with Crippen LogP contribution in [0.25, 0.3) is 22.2 Å². The van der Waals surface area contributed by atoms with Gasteiger partial charge in [0.2, 0.25) is 0 Å². The zero-order valence-electron chi connectivity index (χ0n) is 9.95. The number of carboxylic acid groups (broad SMARTS) is 1. The summed E-state index contributed by atoms with van der Waals surface area (Å²) in [7, 11) is 0. The molecule has 0 radical (unpaired) electrons. The van der Waals surface area contributed by atoms with Crippen molar-refractivity contribution in [3.8, 4) is 11.4 Å². The fraction of sp³-hybridized carbons (Fsp3) is 0. The van der Waals surface area contributed by atoms with Gasteiger partial charge in [-0.2, -0.15) is 0 Å². The average molecular weight is 250 g/mol. The molecule has 1 heterocycles. The molecule has 92 valence electrons. The van der Waals surface area contributed by atoms with Gasteiger partial charge in [-0.3, -0.25) is 0 Å². The first-order valence-electron chi connectivity index (χ1n) is 5.78. The lowest BCUT2D eigenvalue weighted by atomic mass is 10.1. The molecule has 0 atom stereocenters. The van der Waals surface area contributed by atoms with E-state index >= 15 is 0 Å². The average Bonchev–Trinajstić information content (AvgIpc) is 2.47. The summed E-state index contributed by atoms with van der Waals surface area (Å²) >= 11 is 0. The van der Waals surface area contributed by atoms with Crippen molar-refractivity contribution in [2.45, 2.75) is 0 Å². The van der Waals surface area contributed by atoms with Crippen molar-refractivity contribution < 1.29 is 9.90 Å². The predicted molar refractivity (Wildman–Crippen MR) is 71.9 cm³/mol. The quantitative estimate of drug-likeness (QED) is 0.759. The van der Waals surface area contributed by atoms with Gasteiger partial charge in [-0.1, -0.05) is 36.4 Å². The second-order valence-corrected chi connectivity index (χ2v) is 4.16. The van der Waals surface area contributed by atoms with Gasteiger partial charge in [-0.05, 0) is 16.8 Å². The SMILES string of the molecule is O=C(O)c1cnc(-c2ccc3ccccc3c2)nc1. The molecule has 19 heavy (non-hydrogen) atoms. The van der Waals surface area contributed by atoms with Crippen molar-refractivity contribution in [3.63, 3.8) is 0 Å². The summed E-state index contributed by atoms with van der Waals surface area (Å²) in [6, 6.07) is 13.9. The minimum absolute atomic E-state index is 0.0875. The second-order valence-electron chi connectivity index (χ2n) is 4.16. The molecule has 0 saturated carbocycles. The van der Waals surface area contributed by atoms with Crippen LogP contribution in [0, 0.1) is 0 Å². The van der Waals surface area contributed by atoms with Crippen molar-refractivity contribution in [2.24, 2.45) is 0 Å². The number of hydrogen-bond donors (Lipinski definition) is 1. The number of carbonyl (C=O) groups is 1. The highest BCUT2D eigenvalue weighted by molar-refractivity contribution is 5.88. The predicted octanol–water partition coefficient (Wildman–Crippen LogP) is 3.00. The smallest absolute Gasteiger partial charge is 0.338 e. The zero-order valence-corrected chi connectivity index (χ0v) is 9.95. The largest absolute Gasteiger partial charge is 0.478 e. The molecule has 4 heteroatoms. The van der Waals surface area contributed by atoms with Gasteiger partial charge in [0.15, 0.2) is 5.82 Å². The van der Waals surface area contributed by atoms with Crippen LogP contribution in [0.3, 0.4) is 0 Å². The van der Waals surface area contributed by atoms with Crippen LogP contribution in [-0.4, -0.2) is 21.0 Å². The first-order chi connectivity index (χ1) is 9.24. The number of aromatic carboxylic acids is 1. The molecule has 0 unspecified atom stereocenters. The Hall–Kier alpha value is -2.75.